The number of nitrogens with one attached hydrogen (secondary N) is 1. The van der Waals surface area contributed by atoms with E-state index in [9.17, 15) is 4.79 Å². The number of piperidine rings is 1. The van der Waals surface area contributed by atoms with Crippen LogP contribution in [-0.2, 0) is 0 Å². The summed E-state index contributed by atoms with van der Waals surface area (Å²) in [6, 6.07) is 7.92. The fourth-order valence-electron chi connectivity index (χ4n) is 3.29. The molecular formula is C20H28ClN3O2S. The van der Waals surface area contributed by atoms with E-state index in [0.717, 1.165) is 55.4 Å². The van der Waals surface area contributed by atoms with E-state index in [4.69, 9.17) is 4.74 Å². The van der Waals surface area contributed by atoms with E-state index in [1.165, 1.54) is 17.8 Å². The molecule has 0 radical (unpaired) electrons. The molecule has 1 aliphatic heterocycles. The van der Waals surface area contributed by atoms with Crippen LogP contribution in [0.15, 0.2) is 29.6 Å². The maximum absolute atomic E-state index is 12.8. The number of rotatable bonds is 7. The first kappa shape index (κ1) is 21.7. The summed E-state index contributed by atoms with van der Waals surface area (Å²) in [5.41, 5.74) is 1.58. The van der Waals surface area contributed by atoms with Crippen molar-refractivity contribution in [1.29, 1.82) is 0 Å². The van der Waals surface area contributed by atoms with Gasteiger partial charge in [0.25, 0.3) is 5.91 Å². The standard InChI is InChI=1S/C20H27N3O2S.ClH/c1-3-11-25-17-8-6-16(7-9-17)19-22-18(14-26-19)20(24)23-10-4-5-15(13-23)12-21-2;/h6-9,14-15,21H,3-5,10-13H2,1-2H3;1H. The predicted molar refractivity (Wildman–Crippen MR) is 113 cm³/mol. The van der Waals surface area contributed by atoms with Gasteiger partial charge in [-0.1, -0.05) is 6.92 Å². The number of hydrogen-bond donors (Lipinski definition) is 1. The number of aromatic nitrogens is 1. The Morgan fingerprint density at radius 2 is 2.15 bits per heavy atom. The van der Waals surface area contributed by atoms with Gasteiger partial charge in [0.15, 0.2) is 0 Å². The molecule has 0 aliphatic carbocycles. The Morgan fingerprint density at radius 1 is 1.37 bits per heavy atom. The van der Waals surface area contributed by atoms with Crippen LogP contribution in [0.4, 0.5) is 0 Å². The van der Waals surface area contributed by atoms with Gasteiger partial charge < -0.3 is 15.0 Å². The molecule has 3 rings (SSSR count). The van der Waals surface area contributed by atoms with Crippen molar-refractivity contribution in [2.24, 2.45) is 5.92 Å². The molecule has 1 atom stereocenters. The van der Waals surface area contributed by atoms with Gasteiger partial charge in [-0.05, 0) is 63.0 Å². The normalized spacial score (nSPS) is 16.7. The Labute approximate surface area is 171 Å². The third kappa shape index (κ3) is 5.67. The van der Waals surface area contributed by atoms with Gasteiger partial charge in [0.2, 0.25) is 0 Å². The summed E-state index contributed by atoms with van der Waals surface area (Å²) in [7, 11) is 1.96. The first-order chi connectivity index (χ1) is 12.7. The maximum atomic E-state index is 12.8. The summed E-state index contributed by atoms with van der Waals surface area (Å²) in [5, 5.41) is 5.97. The number of carbonyl (C=O) groups is 1. The van der Waals surface area contributed by atoms with Crippen LogP contribution in [0, 0.1) is 5.92 Å². The number of halogens is 1. The van der Waals surface area contributed by atoms with Gasteiger partial charge in [-0.3, -0.25) is 4.79 Å². The van der Waals surface area contributed by atoms with E-state index in [0.29, 0.717) is 11.6 Å². The SMILES string of the molecule is CCCOc1ccc(-c2nc(C(=O)N3CCCC(CNC)C3)cs2)cc1.Cl. The number of amides is 1. The molecule has 1 aromatic carbocycles. The second-order valence-corrected chi connectivity index (χ2v) is 7.59. The van der Waals surface area contributed by atoms with E-state index >= 15 is 0 Å². The molecule has 0 spiro atoms. The highest BCUT2D eigenvalue weighted by atomic mass is 35.5. The lowest BCUT2D eigenvalue weighted by atomic mass is 9.98. The highest BCUT2D eigenvalue weighted by Crippen LogP contribution is 2.27. The van der Waals surface area contributed by atoms with Crippen LogP contribution >= 0.6 is 23.7 Å². The largest absolute Gasteiger partial charge is 0.494 e. The summed E-state index contributed by atoms with van der Waals surface area (Å²) in [6.45, 7) is 5.41. The molecule has 1 aliphatic rings. The van der Waals surface area contributed by atoms with Crippen molar-refractivity contribution >= 4 is 29.7 Å². The molecule has 148 valence electrons. The number of ether oxygens (including phenoxy) is 1. The lowest BCUT2D eigenvalue weighted by Gasteiger charge is -2.32. The molecule has 0 bridgehead atoms. The Kier molecular flexibility index (Phi) is 8.54. The van der Waals surface area contributed by atoms with Gasteiger partial charge in [0.1, 0.15) is 16.5 Å². The van der Waals surface area contributed by atoms with Crippen LogP contribution in [0.3, 0.4) is 0 Å². The second kappa shape index (κ2) is 10.6. The minimum Gasteiger partial charge on any atom is -0.494 e. The van der Waals surface area contributed by atoms with Crippen molar-refractivity contribution in [3.63, 3.8) is 0 Å². The first-order valence-electron chi connectivity index (χ1n) is 9.34. The molecule has 0 saturated carbocycles. The van der Waals surface area contributed by atoms with E-state index in [1.807, 2.05) is 41.6 Å². The zero-order valence-corrected chi connectivity index (χ0v) is 17.6. The lowest BCUT2D eigenvalue weighted by Crippen LogP contribution is -2.42. The van der Waals surface area contributed by atoms with Crippen LogP contribution in [0.2, 0.25) is 0 Å². The van der Waals surface area contributed by atoms with Crippen molar-refractivity contribution in [2.75, 3.05) is 33.3 Å². The molecular weight excluding hydrogens is 382 g/mol. The quantitative estimate of drug-likeness (QED) is 0.748. The molecule has 1 aromatic heterocycles. The number of likely N-dealkylation sites (tertiary alicyclic amines) is 1. The van der Waals surface area contributed by atoms with Crippen molar-refractivity contribution in [3.05, 3.63) is 35.3 Å². The number of hydrogen-bond acceptors (Lipinski definition) is 5. The van der Waals surface area contributed by atoms with Crippen molar-refractivity contribution in [1.82, 2.24) is 15.2 Å². The van der Waals surface area contributed by atoms with Gasteiger partial charge in [-0.15, -0.1) is 23.7 Å². The minimum atomic E-state index is 0. The van der Waals surface area contributed by atoms with Crippen molar-refractivity contribution in [2.45, 2.75) is 26.2 Å². The fraction of sp³-hybridized carbons (Fsp3) is 0.500. The molecule has 2 aromatic rings. The average molecular weight is 410 g/mol. The highest BCUT2D eigenvalue weighted by Gasteiger charge is 2.25. The molecule has 2 heterocycles. The zero-order chi connectivity index (χ0) is 18.4. The molecule has 1 saturated heterocycles. The van der Waals surface area contributed by atoms with Crippen LogP contribution < -0.4 is 10.1 Å². The topological polar surface area (TPSA) is 54.5 Å². The van der Waals surface area contributed by atoms with Gasteiger partial charge in [0.05, 0.1) is 6.61 Å². The maximum Gasteiger partial charge on any atom is 0.273 e. The number of benzene rings is 1. The Bertz CT molecular complexity index is 718. The Hall–Kier alpha value is -1.63. The van der Waals surface area contributed by atoms with Gasteiger partial charge >= 0.3 is 0 Å². The molecule has 27 heavy (non-hydrogen) atoms. The van der Waals surface area contributed by atoms with E-state index in [2.05, 4.69) is 17.2 Å². The van der Waals surface area contributed by atoms with Gasteiger partial charge in [-0.2, -0.15) is 0 Å². The van der Waals surface area contributed by atoms with Crippen LogP contribution in [0.25, 0.3) is 10.6 Å². The summed E-state index contributed by atoms with van der Waals surface area (Å²) in [5.74, 6) is 1.45. The number of nitrogens with zero attached hydrogens (tertiary/aromatic N) is 2. The number of carbonyl (C=O) groups excluding carboxylic acids is 1. The van der Waals surface area contributed by atoms with Crippen molar-refractivity contribution in [3.8, 4) is 16.3 Å². The molecule has 5 nitrogen and oxygen atoms in total. The number of thiazole rings is 1. The predicted octanol–water partition coefficient (Wildman–Crippen LogP) is 4.09. The first-order valence-corrected chi connectivity index (χ1v) is 10.2. The summed E-state index contributed by atoms with van der Waals surface area (Å²) >= 11 is 1.52. The van der Waals surface area contributed by atoms with Crippen molar-refractivity contribution < 1.29 is 9.53 Å². The third-order valence-electron chi connectivity index (χ3n) is 4.60. The zero-order valence-electron chi connectivity index (χ0n) is 15.9. The molecule has 1 unspecified atom stereocenters. The summed E-state index contributed by atoms with van der Waals surface area (Å²) in [6.07, 6.45) is 3.24. The monoisotopic (exact) mass is 409 g/mol. The van der Waals surface area contributed by atoms with Gasteiger partial charge in [0, 0.05) is 24.0 Å². The fourth-order valence-corrected chi connectivity index (χ4v) is 4.09. The van der Waals surface area contributed by atoms with E-state index in [1.54, 1.807) is 0 Å². The van der Waals surface area contributed by atoms with Gasteiger partial charge in [-0.25, -0.2) is 4.98 Å². The average Bonchev–Trinajstić information content (AvgIpc) is 3.17. The summed E-state index contributed by atoms with van der Waals surface area (Å²) in [4.78, 5) is 19.3. The van der Waals surface area contributed by atoms with Crippen LogP contribution in [-0.4, -0.2) is 49.1 Å². The van der Waals surface area contributed by atoms with E-state index in [-0.39, 0.29) is 18.3 Å². The highest BCUT2D eigenvalue weighted by molar-refractivity contribution is 7.13. The van der Waals surface area contributed by atoms with Crippen LogP contribution in [0.1, 0.15) is 36.7 Å². The third-order valence-corrected chi connectivity index (χ3v) is 5.49. The molecule has 1 amide bonds. The van der Waals surface area contributed by atoms with Crippen LogP contribution in [0.5, 0.6) is 5.75 Å². The lowest BCUT2D eigenvalue weighted by molar-refractivity contribution is 0.0669. The Morgan fingerprint density at radius 3 is 2.85 bits per heavy atom. The Balaban J connectivity index is 0.00000261. The smallest absolute Gasteiger partial charge is 0.273 e. The molecule has 7 heteroatoms. The summed E-state index contributed by atoms with van der Waals surface area (Å²) < 4.78 is 5.62. The minimum absolute atomic E-state index is 0. The van der Waals surface area contributed by atoms with E-state index < -0.39 is 0 Å². The molecule has 1 N–H and O–H groups in total. The second-order valence-electron chi connectivity index (χ2n) is 6.73. The molecule has 1 fully saturated rings.